The minimum atomic E-state index is -3.65. The highest BCUT2D eigenvalue weighted by Gasteiger charge is 2.25. The smallest absolute Gasteiger partial charge is 0.251 e. The minimum Gasteiger partial charge on any atom is -0.384 e. The Hall–Kier alpha value is -2.29. The van der Waals surface area contributed by atoms with E-state index in [0.29, 0.717) is 25.9 Å². The molecule has 2 heterocycles. The van der Waals surface area contributed by atoms with Gasteiger partial charge in [0, 0.05) is 37.9 Å². The van der Waals surface area contributed by atoms with Gasteiger partial charge in [-0.25, -0.2) is 13.1 Å². The number of carbonyl (C=O) groups is 1. The van der Waals surface area contributed by atoms with E-state index in [0.717, 1.165) is 16.8 Å². The van der Waals surface area contributed by atoms with Crippen LogP contribution in [0.3, 0.4) is 0 Å². The lowest BCUT2D eigenvalue weighted by Crippen LogP contribution is -2.41. The maximum Gasteiger partial charge on any atom is 0.251 e. The molecule has 2 N–H and O–H groups in total. The summed E-state index contributed by atoms with van der Waals surface area (Å²) < 4.78 is 27.8. The fraction of sp³-hybridized carbons (Fsp3) is 0.368. The molecule has 1 atom stereocenters. The monoisotopic (exact) mass is 389 g/mol. The van der Waals surface area contributed by atoms with Crippen molar-refractivity contribution in [2.75, 3.05) is 13.1 Å². The summed E-state index contributed by atoms with van der Waals surface area (Å²) in [6.07, 6.45) is 1.75. The van der Waals surface area contributed by atoms with Crippen LogP contribution in [0.15, 0.2) is 47.5 Å². The number of amides is 1. The maximum atomic E-state index is 12.6. The number of fused-ring (bicyclic) bond motifs is 1. The van der Waals surface area contributed by atoms with Gasteiger partial charge in [-0.2, -0.15) is 0 Å². The van der Waals surface area contributed by atoms with Gasteiger partial charge in [-0.15, -0.1) is 0 Å². The summed E-state index contributed by atoms with van der Waals surface area (Å²) in [4.78, 5) is 17.9. The second kappa shape index (κ2) is 8.16. The molecule has 2 aromatic rings. The first-order valence-electron chi connectivity index (χ1n) is 8.85. The number of nitrogens with one attached hydrogen (secondary N) is 1. The number of carbonyl (C=O) groups excluding carboxylic acids is 1. The third-order valence-electron chi connectivity index (χ3n) is 4.57. The number of rotatable bonds is 6. The quantitative estimate of drug-likeness (QED) is 0.764. The van der Waals surface area contributed by atoms with Crippen LogP contribution in [0.25, 0.3) is 0 Å². The fourth-order valence-corrected chi connectivity index (χ4v) is 4.18. The zero-order chi connectivity index (χ0) is 19.4. The van der Waals surface area contributed by atoms with Gasteiger partial charge in [0.2, 0.25) is 10.0 Å². The molecule has 3 rings (SSSR count). The molecule has 0 saturated heterocycles. The van der Waals surface area contributed by atoms with Gasteiger partial charge < -0.3 is 10.0 Å². The van der Waals surface area contributed by atoms with Crippen LogP contribution in [-0.2, 0) is 34.2 Å². The predicted molar refractivity (Wildman–Crippen MR) is 100 cm³/mol. The van der Waals surface area contributed by atoms with Gasteiger partial charge in [0.15, 0.2) is 0 Å². The Morgan fingerprint density at radius 1 is 1.30 bits per heavy atom. The summed E-state index contributed by atoms with van der Waals surface area (Å²) in [5.41, 5.74) is 2.64. The third kappa shape index (κ3) is 4.71. The number of benzene rings is 1. The average molecular weight is 389 g/mol. The van der Waals surface area contributed by atoms with Gasteiger partial charge in [-0.3, -0.25) is 9.78 Å². The standard InChI is InChI=1S/C19H23N3O4S/c1-14(23)19(24)22-11-8-15-5-6-18(12-16(15)13-22)27(25,26)21-10-7-17-4-2-3-9-20-17/h2-6,9,12,14,21,23H,7-8,10-11,13H2,1H3. The molecule has 1 aromatic heterocycles. The molecule has 7 nitrogen and oxygen atoms in total. The Morgan fingerprint density at radius 3 is 2.81 bits per heavy atom. The Morgan fingerprint density at radius 2 is 2.11 bits per heavy atom. The minimum absolute atomic E-state index is 0.175. The molecular weight excluding hydrogens is 366 g/mol. The second-order valence-electron chi connectivity index (χ2n) is 6.59. The molecule has 0 radical (unpaired) electrons. The highest BCUT2D eigenvalue weighted by atomic mass is 32.2. The molecular formula is C19H23N3O4S. The lowest BCUT2D eigenvalue weighted by molar-refractivity contribution is -0.140. The normalized spacial score (nSPS) is 15.3. The van der Waals surface area contributed by atoms with E-state index in [2.05, 4.69) is 9.71 Å². The topological polar surface area (TPSA) is 99.6 Å². The van der Waals surface area contributed by atoms with E-state index in [-0.39, 0.29) is 17.3 Å². The van der Waals surface area contributed by atoms with E-state index in [1.54, 1.807) is 29.3 Å². The highest BCUT2D eigenvalue weighted by Crippen LogP contribution is 2.23. The van der Waals surface area contributed by atoms with E-state index in [9.17, 15) is 18.3 Å². The van der Waals surface area contributed by atoms with E-state index in [1.807, 2.05) is 18.2 Å². The summed E-state index contributed by atoms with van der Waals surface area (Å²) in [5.74, 6) is -0.345. The van der Waals surface area contributed by atoms with Crippen LogP contribution in [0, 0.1) is 0 Å². The molecule has 27 heavy (non-hydrogen) atoms. The molecule has 1 unspecified atom stereocenters. The van der Waals surface area contributed by atoms with E-state index in [4.69, 9.17) is 0 Å². The first-order valence-corrected chi connectivity index (χ1v) is 10.3. The van der Waals surface area contributed by atoms with Crippen molar-refractivity contribution in [3.8, 4) is 0 Å². The van der Waals surface area contributed by atoms with Crippen molar-refractivity contribution in [1.29, 1.82) is 0 Å². The molecule has 144 valence electrons. The predicted octanol–water partition coefficient (Wildman–Crippen LogP) is 0.868. The molecule has 0 fully saturated rings. The SMILES string of the molecule is CC(O)C(=O)N1CCc2ccc(S(=O)(=O)NCCc3ccccn3)cc2C1. The lowest BCUT2D eigenvalue weighted by Gasteiger charge is -2.30. The van der Waals surface area contributed by atoms with E-state index >= 15 is 0 Å². The summed E-state index contributed by atoms with van der Waals surface area (Å²) >= 11 is 0. The van der Waals surface area contributed by atoms with Gasteiger partial charge in [0.25, 0.3) is 5.91 Å². The number of pyridine rings is 1. The van der Waals surface area contributed by atoms with Crippen molar-refractivity contribution in [1.82, 2.24) is 14.6 Å². The van der Waals surface area contributed by atoms with Crippen molar-refractivity contribution in [3.63, 3.8) is 0 Å². The molecule has 1 aromatic carbocycles. The van der Waals surface area contributed by atoms with Crippen molar-refractivity contribution < 1.29 is 18.3 Å². The summed E-state index contributed by atoms with van der Waals surface area (Å²) in [7, 11) is -3.65. The number of hydrogen-bond acceptors (Lipinski definition) is 5. The van der Waals surface area contributed by atoms with Gasteiger partial charge in [-0.05, 0) is 48.7 Å². The van der Waals surface area contributed by atoms with Crippen molar-refractivity contribution in [3.05, 3.63) is 59.4 Å². The van der Waals surface area contributed by atoms with Gasteiger partial charge in [-0.1, -0.05) is 12.1 Å². The Bertz CT molecular complexity index is 914. The molecule has 0 spiro atoms. The largest absolute Gasteiger partial charge is 0.384 e. The number of aliphatic hydroxyl groups is 1. The van der Waals surface area contributed by atoms with Crippen LogP contribution in [0.4, 0.5) is 0 Å². The Kier molecular flexibility index (Phi) is 5.88. The van der Waals surface area contributed by atoms with Crippen LogP contribution in [0.5, 0.6) is 0 Å². The van der Waals surface area contributed by atoms with Gasteiger partial charge >= 0.3 is 0 Å². The Labute approximate surface area is 159 Å². The number of hydrogen-bond donors (Lipinski definition) is 2. The number of aromatic nitrogens is 1. The fourth-order valence-electron chi connectivity index (χ4n) is 3.10. The zero-order valence-corrected chi connectivity index (χ0v) is 15.9. The van der Waals surface area contributed by atoms with Crippen molar-refractivity contribution in [2.24, 2.45) is 0 Å². The lowest BCUT2D eigenvalue weighted by atomic mass is 9.99. The number of aliphatic hydroxyl groups excluding tert-OH is 1. The molecule has 0 bridgehead atoms. The Balaban J connectivity index is 1.70. The first-order chi connectivity index (χ1) is 12.9. The average Bonchev–Trinajstić information content (AvgIpc) is 2.67. The van der Waals surface area contributed by atoms with Crippen LogP contribution in [-0.4, -0.2) is 48.5 Å². The van der Waals surface area contributed by atoms with Gasteiger partial charge in [0.1, 0.15) is 6.10 Å². The second-order valence-corrected chi connectivity index (χ2v) is 8.35. The van der Waals surface area contributed by atoms with Crippen LogP contribution in [0.2, 0.25) is 0 Å². The summed E-state index contributed by atoms with van der Waals surface area (Å²) in [6.45, 7) is 2.51. The zero-order valence-electron chi connectivity index (χ0n) is 15.1. The van der Waals surface area contributed by atoms with Crippen molar-refractivity contribution in [2.45, 2.75) is 37.3 Å². The van der Waals surface area contributed by atoms with E-state index in [1.165, 1.54) is 6.92 Å². The molecule has 1 aliphatic heterocycles. The third-order valence-corrected chi connectivity index (χ3v) is 6.03. The first kappa shape index (κ1) is 19.5. The molecule has 0 saturated carbocycles. The summed E-state index contributed by atoms with van der Waals surface area (Å²) in [6, 6.07) is 10.5. The summed E-state index contributed by atoms with van der Waals surface area (Å²) in [5, 5.41) is 9.49. The van der Waals surface area contributed by atoms with Crippen molar-refractivity contribution >= 4 is 15.9 Å². The maximum absolute atomic E-state index is 12.6. The van der Waals surface area contributed by atoms with Crippen LogP contribution >= 0.6 is 0 Å². The van der Waals surface area contributed by atoms with Crippen LogP contribution in [0.1, 0.15) is 23.7 Å². The molecule has 8 heteroatoms. The highest BCUT2D eigenvalue weighted by molar-refractivity contribution is 7.89. The number of nitrogens with zero attached hydrogens (tertiary/aromatic N) is 2. The van der Waals surface area contributed by atoms with Gasteiger partial charge in [0.05, 0.1) is 4.90 Å². The molecule has 1 aliphatic rings. The number of sulfonamides is 1. The molecule has 1 amide bonds. The molecule has 0 aliphatic carbocycles. The van der Waals surface area contributed by atoms with Crippen LogP contribution < -0.4 is 4.72 Å². The van der Waals surface area contributed by atoms with E-state index < -0.39 is 16.1 Å².